The Balaban J connectivity index is 1.43. The standard InChI is InChI=1S/C34H49Br2N7O5/c1-48-26-6-4-5-23(19-26)8-14-39-34(47)41-30(22-24-20-27(35)31(44)28(36)21-24)32(45)40-29(7-2-3-11-37)33(46)43-17-15-42(16-18-43)25-9-12-38-13-10-25/h4-6,19-21,25,29-30,38,44H,2-3,7-18,22,37H2,1H3,(H,40,45)(H2,39,41,47). The first kappa shape index (κ1) is 37.9. The summed E-state index contributed by atoms with van der Waals surface area (Å²) in [6, 6.07) is 9.31. The molecule has 2 unspecified atom stereocenters. The summed E-state index contributed by atoms with van der Waals surface area (Å²) in [7, 11) is 1.60. The number of hydrogen-bond donors (Lipinski definition) is 6. The summed E-state index contributed by atoms with van der Waals surface area (Å²) in [6.07, 6.45) is 4.80. The minimum absolute atomic E-state index is 0.0359. The van der Waals surface area contributed by atoms with Crippen molar-refractivity contribution >= 4 is 49.7 Å². The van der Waals surface area contributed by atoms with Gasteiger partial charge in [-0.3, -0.25) is 14.5 Å². The highest BCUT2D eigenvalue weighted by atomic mass is 79.9. The van der Waals surface area contributed by atoms with Gasteiger partial charge in [0.25, 0.3) is 0 Å². The van der Waals surface area contributed by atoms with E-state index < -0.39 is 24.0 Å². The smallest absolute Gasteiger partial charge is 0.315 e. The number of piperidine rings is 1. The van der Waals surface area contributed by atoms with Crippen molar-refractivity contribution in [2.45, 2.75) is 63.1 Å². The number of carbonyl (C=O) groups is 3. The molecule has 2 heterocycles. The van der Waals surface area contributed by atoms with E-state index in [1.54, 1.807) is 19.2 Å². The molecule has 2 saturated heterocycles. The second kappa shape index (κ2) is 19.3. The Bertz CT molecular complexity index is 1350. The maximum Gasteiger partial charge on any atom is 0.315 e. The molecule has 4 rings (SSSR count). The van der Waals surface area contributed by atoms with E-state index in [1.807, 2.05) is 29.2 Å². The number of nitrogens with zero attached hydrogens (tertiary/aromatic N) is 2. The van der Waals surface area contributed by atoms with Crippen molar-refractivity contribution in [2.24, 2.45) is 5.73 Å². The fourth-order valence-corrected chi connectivity index (χ4v) is 7.54. The minimum Gasteiger partial charge on any atom is -0.506 e. The topological polar surface area (TPSA) is 161 Å². The van der Waals surface area contributed by atoms with Crippen molar-refractivity contribution in [2.75, 3.05) is 59.5 Å². The summed E-state index contributed by atoms with van der Waals surface area (Å²) in [5.74, 6) is 0.201. The Morgan fingerprint density at radius 3 is 2.38 bits per heavy atom. The molecule has 2 fully saturated rings. The fourth-order valence-electron chi connectivity index (χ4n) is 6.26. The Kier molecular flexibility index (Phi) is 15.3. The van der Waals surface area contributed by atoms with Gasteiger partial charge in [0.2, 0.25) is 11.8 Å². The third-order valence-corrected chi connectivity index (χ3v) is 10.2. The number of hydrogen-bond acceptors (Lipinski definition) is 8. The fraction of sp³-hybridized carbons (Fsp3) is 0.559. The number of carbonyl (C=O) groups excluding carboxylic acids is 3. The van der Waals surface area contributed by atoms with Crippen LogP contribution in [0.3, 0.4) is 0 Å². The van der Waals surface area contributed by atoms with Gasteiger partial charge in [0.15, 0.2) is 0 Å². The number of rotatable bonds is 15. The number of urea groups is 1. The number of ether oxygens (including phenoxy) is 1. The van der Waals surface area contributed by atoms with Gasteiger partial charge in [-0.05, 0) is 125 Å². The lowest BCUT2D eigenvalue weighted by Crippen LogP contribution is -2.59. The molecule has 2 aliphatic heterocycles. The summed E-state index contributed by atoms with van der Waals surface area (Å²) >= 11 is 6.71. The van der Waals surface area contributed by atoms with Crippen LogP contribution in [0.1, 0.15) is 43.2 Å². The third-order valence-electron chi connectivity index (χ3n) is 8.98. The number of amides is 4. The number of halogens is 2. The molecular formula is C34H49Br2N7O5. The van der Waals surface area contributed by atoms with Crippen molar-refractivity contribution in [1.29, 1.82) is 0 Å². The van der Waals surface area contributed by atoms with Crippen LogP contribution < -0.4 is 31.7 Å². The number of methoxy groups -OCH3 is 1. The number of benzene rings is 2. The summed E-state index contributed by atoms with van der Waals surface area (Å²) in [5.41, 5.74) is 7.45. The van der Waals surface area contributed by atoms with Crippen LogP contribution in [0.15, 0.2) is 45.3 Å². The van der Waals surface area contributed by atoms with Gasteiger partial charge in [0.05, 0.1) is 16.1 Å². The summed E-state index contributed by atoms with van der Waals surface area (Å²) in [5, 5.41) is 22.3. The van der Waals surface area contributed by atoms with Crippen molar-refractivity contribution in [3.05, 3.63) is 56.5 Å². The Morgan fingerprint density at radius 1 is 1.00 bits per heavy atom. The maximum atomic E-state index is 13.9. The van der Waals surface area contributed by atoms with Gasteiger partial charge in [-0.1, -0.05) is 12.1 Å². The molecule has 4 amide bonds. The summed E-state index contributed by atoms with van der Waals surface area (Å²) in [6.45, 7) is 5.72. The van der Waals surface area contributed by atoms with E-state index in [1.165, 1.54) is 0 Å². The molecule has 0 radical (unpaired) electrons. The predicted octanol–water partition coefficient (Wildman–Crippen LogP) is 2.89. The number of aromatic hydroxyl groups is 1. The van der Waals surface area contributed by atoms with Gasteiger partial charge in [-0.15, -0.1) is 0 Å². The van der Waals surface area contributed by atoms with Crippen molar-refractivity contribution in [1.82, 2.24) is 31.1 Å². The first-order valence-corrected chi connectivity index (χ1v) is 18.3. The third kappa shape index (κ3) is 11.3. The maximum absolute atomic E-state index is 13.9. The lowest BCUT2D eigenvalue weighted by molar-refractivity contribution is -0.138. The number of phenols is 1. The highest BCUT2D eigenvalue weighted by Crippen LogP contribution is 2.33. The first-order valence-electron chi connectivity index (χ1n) is 16.8. The quantitative estimate of drug-likeness (QED) is 0.150. The molecule has 0 aliphatic carbocycles. The Hall–Kier alpha value is -2.91. The van der Waals surface area contributed by atoms with E-state index in [-0.39, 0.29) is 18.1 Å². The highest BCUT2D eigenvalue weighted by molar-refractivity contribution is 9.11. The van der Waals surface area contributed by atoms with Gasteiger partial charge in [-0.2, -0.15) is 0 Å². The molecule has 2 aromatic rings. The predicted molar refractivity (Wildman–Crippen MR) is 193 cm³/mol. The molecule has 0 bridgehead atoms. The molecule has 0 saturated carbocycles. The average Bonchev–Trinajstić information content (AvgIpc) is 3.10. The second-order valence-corrected chi connectivity index (χ2v) is 14.1. The summed E-state index contributed by atoms with van der Waals surface area (Å²) < 4.78 is 6.19. The molecule has 2 atom stereocenters. The largest absolute Gasteiger partial charge is 0.506 e. The van der Waals surface area contributed by atoms with Crippen LogP contribution in [-0.4, -0.2) is 110 Å². The van der Waals surface area contributed by atoms with Crippen LogP contribution in [-0.2, 0) is 22.4 Å². The van der Waals surface area contributed by atoms with Crippen molar-refractivity contribution in [3.63, 3.8) is 0 Å². The zero-order valence-corrected chi connectivity index (χ0v) is 30.8. The number of phenolic OH excluding ortho intramolecular Hbond substituents is 1. The van der Waals surface area contributed by atoms with E-state index in [0.29, 0.717) is 66.0 Å². The van der Waals surface area contributed by atoms with Crippen LogP contribution in [0.25, 0.3) is 0 Å². The molecule has 2 aromatic carbocycles. The monoisotopic (exact) mass is 793 g/mol. The Morgan fingerprint density at radius 2 is 1.71 bits per heavy atom. The normalized spacial score (nSPS) is 17.0. The molecule has 7 N–H and O–H groups in total. The summed E-state index contributed by atoms with van der Waals surface area (Å²) in [4.78, 5) is 45.2. The van der Waals surface area contributed by atoms with Crippen LogP contribution in [0.2, 0.25) is 0 Å². The molecule has 14 heteroatoms. The van der Waals surface area contributed by atoms with E-state index in [9.17, 15) is 19.5 Å². The van der Waals surface area contributed by atoms with Gasteiger partial charge < -0.3 is 41.7 Å². The molecule has 0 spiro atoms. The van der Waals surface area contributed by atoms with E-state index in [0.717, 1.165) is 56.8 Å². The SMILES string of the molecule is COc1cccc(CCNC(=O)NC(Cc2cc(Br)c(O)c(Br)c2)C(=O)NC(CCCCN)C(=O)N2CCN(C3CCNCC3)CC2)c1. The second-order valence-electron chi connectivity index (χ2n) is 12.4. The minimum atomic E-state index is -0.994. The number of unbranched alkanes of at least 4 members (excludes halogenated alkanes) is 1. The first-order chi connectivity index (χ1) is 23.2. The molecule has 0 aromatic heterocycles. The van der Waals surface area contributed by atoms with Gasteiger partial charge in [-0.25, -0.2) is 4.79 Å². The van der Waals surface area contributed by atoms with E-state index >= 15 is 0 Å². The number of nitrogens with one attached hydrogen (secondary N) is 4. The zero-order chi connectivity index (χ0) is 34.5. The van der Waals surface area contributed by atoms with Gasteiger partial charge in [0.1, 0.15) is 23.6 Å². The van der Waals surface area contributed by atoms with Crippen molar-refractivity contribution < 1.29 is 24.2 Å². The zero-order valence-electron chi connectivity index (χ0n) is 27.6. The van der Waals surface area contributed by atoms with Gasteiger partial charge >= 0.3 is 6.03 Å². The molecule has 264 valence electrons. The lowest BCUT2D eigenvalue weighted by atomic mass is 10.0. The molecule has 12 nitrogen and oxygen atoms in total. The number of piperazine rings is 1. The Labute approximate surface area is 300 Å². The molecule has 2 aliphatic rings. The van der Waals surface area contributed by atoms with Crippen molar-refractivity contribution in [3.8, 4) is 11.5 Å². The van der Waals surface area contributed by atoms with E-state index in [4.69, 9.17) is 10.5 Å². The lowest BCUT2D eigenvalue weighted by Gasteiger charge is -2.41. The van der Waals surface area contributed by atoms with Crippen LogP contribution in [0.5, 0.6) is 11.5 Å². The van der Waals surface area contributed by atoms with Crippen LogP contribution in [0, 0.1) is 0 Å². The van der Waals surface area contributed by atoms with Crippen LogP contribution in [0.4, 0.5) is 4.79 Å². The average molecular weight is 796 g/mol. The number of nitrogens with two attached hydrogens (primary N) is 1. The van der Waals surface area contributed by atoms with Crippen LogP contribution >= 0.6 is 31.9 Å². The molecule has 48 heavy (non-hydrogen) atoms. The van der Waals surface area contributed by atoms with E-state index in [2.05, 4.69) is 58.0 Å². The van der Waals surface area contributed by atoms with Gasteiger partial charge in [0, 0.05) is 45.2 Å². The highest BCUT2D eigenvalue weighted by Gasteiger charge is 2.33. The molecular weight excluding hydrogens is 746 g/mol.